The van der Waals surface area contributed by atoms with Crippen LogP contribution in [0.2, 0.25) is 0 Å². The highest BCUT2D eigenvalue weighted by molar-refractivity contribution is 7.89. The van der Waals surface area contributed by atoms with Gasteiger partial charge in [-0.15, -0.1) is 11.3 Å². The molecule has 2 aromatic carbocycles. The van der Waals surface area contributed by atoms with E-state index in [4.69, 9.17) is 34.9 Å². The van der Waals surface area contributed by atoms with Gasteiger partial charge in [-0.1, -0.05) is 80.7 Å². The standard InChI is InChI=1S/C23H26N8O2S.C23H21N7S.C22H20N8S.C22H26N8S/c1-29(2)34(32,33)19-8-6-18(7-9-19)27-22-23-25-13-21(17-12-26-30(3)14-17)31(23)15-20(28-22)16-5-4-10-24-11-16;1-29-13-17(11-26-29)19-12-25-23-22(28-21-9-15-5-2-3-7-20(15)31-21)27-18(14-30(19)23)16-6-4-8-24-10-16;1-29-12-16(10-26-29)18-11-25-21-20(28-19-8-14-4-3-7-24-22(14)31-19)27-17(13-30(18)21)15-5-2-6-23-9-15;1-22(2,3)18-8-19(31-28-18)27-20-21-24-11-17(15-10-25-29(4)12-15)30(21)13-16(26-20)14-6-5-7-23-9-14/h5-9,12-15,24H,4,10-11H2,1-3H3,(H,27,28);2-3,5-7,9,11-14,24H,4,8,10H2,1H3,(H,27,28);3-5,7-8,10-13,23H,2,6,9H2,1H3,(H,27,28);6,8,10-13,23H,5,7,9H2,1-4H3,(H,26,27). The molecule has 18 aromatic rings. The van der Waals surface area contributed by atoms with Gasteiger partial charge in [0.25, 0.3) is 0 Å². The van der Waals surface area contributed by atoms with Crippen LogP contribution in [-0.2, 0) is 43.6 Å². The van der Waals surface area contributed by atoms with Gasteiger partial charge in [0.05, 0.1) is 116 Å². The first-order valence-electron chi connectivity index (χ1n) is 41.7. The van der Waals surface area contributed by atoms with Gasteiger partial charge >= 0.3 is 0 Å². The van der Waals surface area contributed by atoms with E-state index in [1.54, 1.807) is 65.7 Å². The number of thiophene rings is 2. The van der Waals surface area contributed by atoms with E-state index in [-0.39, 0.29) is 10.3 Å². The van der Waals surface area contributed by atoms with Gasteiger partial charge in [0.2, 0.25) is 10.0 Å². The summed E-state index contributed by atoms with van der Waals surface area (Å²) in [6.07, 6.45) is 45.8. The number of nitrogens with one attached hydrogen (secondary N) is 8. The van der Waals surface area contributed by atoms with Crippen LogP contribution in [0.15, 0.2) is 213 Å². The second kappa shape index (κ2) is 35.4. The number of aromatic nitrogens is 22. The number of hydrogen-bond donors (Lipinski definition) is 8. The Morgan fingerprint density at radius 3 is 1.15 bits per heavy atom. The van der Waals surface area contributed by atoms with E-state index >= 15 is 0 Å². The molecule has 0 fully saturated rings. The molecule has 0 spiro atoms. The first-order valence-corrected chi connectivity index (χ1v) is 45.5. The number of benzene rings is 2. The van der Waals surface area contributed by atoms with E-state index in [2.05, 4.69) is 203 Å². The Morgan fingerprint density at radius 2 is 0.795 bits per heavy atom. The first-order chi connectivity index (χ1) is 61.7. The van der Waals surface area contributed by atoms with Crippen LogP contribution in [0.4, 0.5) is 44.0 Å². The minimum absolute atomic E-state index is 0.000389. The topological polar surface area (TPSA) is 351 Å². The summed E-state index contributed by atoms with van der Waals surface area (Å²) >= 11 is 4.78. The van der Waals surface area contributed by atoms with Gasteiger partial charge in [-0.05, 0) is 146 Å². The maximum absolute atomic E-state index is 12.4. The maximum atomic E-state index is 12.4. The number of hydrogen-bond acceptors (Lipinski definition) is 27. The average molecular weight is 1770 g/mol. The van der Waals surface area contributed by atoms with E-state index in [9.17, 15) is 8.42 Å². The predicted octanol–water partition coefficient (Wildman–Crippen LogP) is 14.8. The van der Waals surface area contributed by atoms with Gasteiger partial charge in [0.15, 0.2) is 45.9 Å². The van der Waals surface area contributed by atoms with E-state index in [0.29, 0.717) is 17.2 Å². The molecule has 33 nitrogen and oxygen atoms in total. The molecule has 4 aliphatic heterocycles. The monoisotopic (exact) mass is 1770 g/mol. The number of imidazole rings is 4. The third-order valence-electron chi connectivity index (χ3n) is 22.0. The Balaban J connectivity index is 0.000000110. The molecule has 4 aliphatic rings. The van der Waals surface area contributed by atoms with E-state index in [1.807, 2.05) is 125 Å². The number of anilines is 8. The molecule has 644 valence electrons. The van der Waals surface area contributed by atoms with Crippen molar-refractivity contribution in [1.82, 2.24) is 132 Å². The lowest BCUT2D eigenvalue weighted by atomic mass is 9.92. The molecule has 8 N–H and O–H groups in total. The van der Waals surface area contributed by atoms with Gasteiger partial charge in [-0.2, -0.15) is 24.8 Å². The molecule has 0 aliphatic carbocycles. The number of pyridine rings is 1. The highest BCUT2D eigenvalue weighted by Crippen LogP contribution is 2.39. The third kappa shape index (κ3) is 17.8. The van der Waals surface area contributed by atoms with Crippen LogP contribution in [0, 0.1) is 0 Å². The quantitative estimate of drug-likeness (QED) is 0.0395. The fourth-order valence-corrected chi connectivity index (χ4v) is 19.0. The minimum Gasteiger partial charge on any atom is -0.337 e. The summed E-state index contributed by atoms with van der Waals surface area (Å²) < 4.78 is 47.4. The molecule has 0 atom stereocenters. The molecule has 127 heavy (non-hydrogen) atoms. The second-order valence-corrected chi connectivity index (χ2v) is 37.5. The average Bonchev–Trinajstić information content (AvgIpc) is 1.65. The van der Waals surface area contributed by atoms with Crippen molar-refractivity contribution in [2.75, 3.05) is 87.7 Å². The second-order valence-electron chi connectivity index (χ2n) is 32.4. The fourth-order valence-electron chi connectivity index (χ4n) is 15.4. The van der Waals surface area contributed by atoms with E-state index in [1.165, 1.54) is 56.7 Å². The lowest BCUT2D eigenvalue weighted by molar-refractivity contribution is 0.521. The van der Waals surface area contributed by atoms with Crippen molar-refractivity contribution in [3.8, 4) is 45.0 Å². The number of sulfonamides is 1. The summed E-state index contributed by atoms with van der Waals surface area (Å²) in [6, 6.07) is 25.4. The molecule has 0 saturated carbocycles. The maximum Gasteiger partial charge on any atom is 0.242 e. The van der Waals surface area contributed by atoms with E-state index < -0.39 is 10.0 Å². The highest BCUT2D eigenvalue weighted by atomic mass is 32.2. The van der Waals surface area contributed by atoms with Gasteiger partial charge in [-0.25, -0.2) is 57.6 Å². The molecule has 22 rings (SSSR count). The third-order valence-corrected chi connectivity index (χ3v) is 26.6. The lowest BCUT2D eigenvalue weighted by Crippen LogP contribution is -2.22. The molecule has 0 saturated heterocycles. The van der Waals surface area contributed by atoms with Crippen LogP contribution < -0.4 is 42.5 Å². The Kier molecular flexibility index (Phi) is 23.1. The molecule has 16 aromatic heterocycles. The normalized spacial score (nSPS) is 14.5. The molecule has 0 radical (unpaired) electrons. The van der Waals surface area contributed by atoms with Crippen LogP contribution in [-0.4, -0.2) is 185 Å². The zero-order valence-corrected chi connectivity index (χ0v) is 74.6. The van der Waals surface area contributed by atoms with Crippen LogP contribution in [0.3, 0.4) is 0 Å². The van der Waals surface area contributed by atoms with Crippen LogP contribution in [0.5, 0.6) is 0 Å². The molecule has 20 heterocycles. The molecular weight excluding hydrogens is 1680 g/mol. The zero-order chi connectivity index (χ0) is 87.0. The molecule has 0 amide bonds. The van der Waals surface area contributed by atoms with E-state index in [0.717, 1.165) is 217 Å². The summed E-state index contributed by atoms with van der Waals surface area (Å²) in [4.78, 5) is 44.2. The smallest absolute Gasteiger partial charge is 0.242 e. The summed E-state index contributed by atoms with van der Waals surface area (Å²) in [5.41, 5.74) is 21.0. The van der Waals surface area contributed by atoms with Crippen LogP contribution in [0.1, 0.15) is 74.9 Å². The van der Waals surface area contributed by atoms with Gasteiger partial charge in [-0.3, -0.25) is 36.3 Å². The number of rotatable bonds is 18. The molecular formula is C90H93N31O2S4. The van der Waals surface area contributed by atoms with Crippen molar-refractivity contribution in [1.29, 1.82) is 0 Å². The summed E-state index contributed by atoms with van der Waals surface area (Å²) in [6.45, 7) is 13.6. The fraction of sp³-hybridized carbons (Fsp3) is 0.244. The predicted molar refractivity (Wildman–Crippen MR) is 505 cm³/mol. The van der Waals surface area contributed by atoms with Crippen molar-refractivity contribution in [2.45, 2.75) is 56.8 Å². The number of aryl methyl sites for hydroxylation is 4. The largest absolute Gasteiger partial charge is 0.337 e. The number of fused-ring (bicyclic) bond motifs is 6. The SMILES string of the molecule is CN(C)S(=O)(=O)c1ccc(Nc2nc(C3=CCCNC3)cn3c(-c4cnn(C)c4)cnc23)cc1.Cn1cc(-c2cnc3c(Nc4cc(C(C)(C)C)ns4)nc(C4=CCCNC4)cn23)cn1.Cn1cc(-c2cnc3c(Nc4cc5ccccc5s4)nc(C4=CCCNC4)cn23)cn1.Cn1cc(-c2cnc3c(Nc4cc5cccnc5s4)nc(C4=CCCNC4)cn23)cn1. The molecule has 0 bridgehead atoms. The highest BCUT2D eigenvalue weighted by Gasteiger charge is 2.26. The summed E-state index contributed by atoms with van der Waals surface area (Å²) in [5, 5.41) is 50.2. The van der Waals surface area contributed by atoms with Gasteiger partial charge < -0.3 is 42.5 Å². The van der Waals surface area contributed by atoms with Crippen molar-refractivity contribution in [3.63, 3.8) is 0 Å². The minimum atomic E-state index is -3.50. The number of nitrogens with zero attached hydrogens (tertiary/aromatic N) is 23. The first kappa shape index (κ1) is 82.9. The Hall–Kier alpha value is -13.6. The molecule has 37 heteroatoms. The Bertz CT molecular complexity index is 7080. The van der Waals surface area contributed by atoms with Crippen molar-refractivity contribution < 1.29 is 8.42 Å². The van der Waals surface area contributed by atoms with Gasteiger partial charge in [0.1, 0.15) is 9.83 Å². The zero-order valence-electron chi connectivity index (χ0n) is 71.4. The summed E-state index contributed by atoms with van der Waals surface area (Å²) in [5.74, 6) is 2.79. The Labute approximate surface area is 743 Å². The Morgan fingerprint density at radius 1 is 0.417 bits per heavy atom. The molecule has 0 unspecified atom stereocenters. The van der Waals surface area contributed by atoms with Crippen molar-refractivity contribution in [3.05, 3.63) is 237 Å². The van der Waals surface area contributed by atoms with Crippen molar-refractivity contribution >= 4 is 153 Å². The van der Waals surface area contributed by atoms with Crippen molar-refractivity contribution in [2.24, 2.45) is 28.2 Å². The van der Waals surface area contributed by atoms with Crippen LogP contribution >= 0.6 is 34.2 Å². The lowest BCUT2D eigenvalue weighted by Gasteiger charge is -2.16. The van der Waals surface area contributed by atoms with Gasteiger partial charge in [0, 0.05) is 168 Å². The summed E-state index contributed by atoms with van der Waals surface area (Å²) in [7, 11) is 7.17. The van der Waals surface area contributed by atoms with Crippen LogP contribution in [0.25, 0.3) is 110 Å².